The molecule has 0 saturated carbocycles. The largest absolute Gasteiger partial charge is 0.359 e. The maximum atomic E-state index is 12.6. The molecule has 0 aliphatic carbocycles. The van der Waals surface area contributed by atoms with Gasteiger partial charge in [0.2, 0.25) is 5.91 Å². The molecule has 0 aromatic carbocycles. The van der Waals surface area contributed by atoms with Crippen LogP contribution in [-0.2, 0) is 11.3 Å². The van der Waals surface area contributed by atoms with Crippen LogP contribution in [0.4, 0.5) is 0 Å². The van der Waals surface area contributed by atoms with Gasteiger partial charge in [0.1, 0.15) is 0 Å². The Morgan fingerprint density at radius 2 is 2.13 bits per heavy atom. The summed E-state index contributed by atoms with van der Waals surface area (Å²) >= 11 is 0. The summed E-state index contributed by atoms with van der Waals surface area (Å²) in [5, 5.41) is 8.38. The number of hydrogen-bond acceptors (Lipinski definition) is 4. The Balaban J connectivity index is 1.56. The van der Waals surface area contributed by atoms with E-state index in [4.69, 9.17) is 4.52 Å². The molecule has 3 heterocycles. The molecule has 2 aromatic heterocycles. The molecular weight excluding hydrogens is 292 g/mol. The third-order valence-electron chi connectivity index (χ3n) is 4.41. The molecule has 1 saturated heterocycles. The maximum Gasteiger partial charge on any atom is 0.223 e. The SMILES string of the molecule is Cc1cc(C2CCCN2C(=O)CCCn2nc(C)cc2C)on1. The Hall–Kier alpha value is -2.11. The predicted octanol–water partition coefficient (Wildman–Crippen LogP) is 2.94. The Labute approximate surface area is 136 Å². The van der Waals surface area contributed by atoms with Crippen LogP contribution in [-0.4, -0.2) is 32.3 Å². The molecule has 23 heavy (non-hydrogen) atoms. The van der Waals surface area contributed by atoms with Crippen LogP contribution in [0.1, 0.15) is 54.6 Å². The van der Waals surface area contributed by atoms with Gasteiger partial charge in [-0.15, -0.1) is 0 Å². The molecule has 2 aromatic rings. The van der Waals surface area contributed by atoms with Crippen molar-refractivity contribution in [1.29, 1.82) is 0 Å². The van der Waals surface area contributed by atoms with E-state index < -0.39 is 0 Å². The molecule has 0 spiro atoms. The van der Waals surface area contributed by atoms with Crippen molar-refractivity contribution >= 4 is 5.91 Å². The van der Waals surface area contributed by atoms with Crippen molar-refractivity contribution < 1.29 is 9.32 Å². The summed E-state index contributed by atoms with van der Waals surface area (Å²) in [7, 11) is 0. The zero-order chi connectivity index (χ0) is 16.4. The lowest BCUT2D eigenvalue weighted by atomic mass is 10.1. The van der Waals surface area contributed by atoms with Gasteiger partial charge in [-0.2, -0.15) is 5.10 Å². The van der Waals surface area contributed by atoms with E-state index in [2.05, 4.69) is 16.3 Å². The van der Waals surface area contributed by atoms with Crippen LogP contribution >= 0.6 is 0 Å². The highest BCUT2D eigenvalue weighted by Crippen LogP contribution is 2.32. The highest BCUT2D eigenvalue weighted by atomic mass is 16.5. The monoisotopic (exact) mass is 316 g/mol. The van der Waals surface area contributed by atoms with E-state index in [0.29, 0.717) is 6.42 Å². The standard InChI is InChI=1S/C17H24N4O2/c1-12-10-14(3)21(18-12)9-5-7-17(22)20-8-4-6-15(20)16-11-13(2)19-23-16/h10-11,15H,4-9H2,1-3H3. The summed E-state index contributed by atoms with van der Waals surface area (Å²) in [4.78, 5) is 14.5. The fourth-order valence-electron chi connectivity index (χ4n) is 3.33. The average Bonchev–Trinajstić information content (AvgIpc) is 3.19. The van der Waals surface area contributed by atoms with Gasteiger partial charge in [-0.3, -0.25) is 9.48 Å². The smallest absolute Gasteiger partial charge is 0.223 e. The normalized spacial score (nSPS) is 17.9. The summed E-state index contributed by atoms with van der Waals surface area (Å²) < 4.78 is 7.34. The molecule has 1 fully saturated rings. The molecule has 1 aliphatic rings. The van der Waals surface area contributed by atoms with Crippen LogP contribution in [0.2, 0.25) is 0 Å². The van der Waals surface area contributed by atoms with Crippen LogP contribution in [0.15, 0.2) is 16.7 Å². The molecule has 0 N–H and O–H groups in total. The minimum Gasteiger partial charge on any atom is -0.359 e. The van der Waals surface area contributed by atoms with E-state index in [0.717, 1.165) is 55.2 Å². The van der Waals surface area contributed by atoms with Gasteiger partial charge in [0, 0.05) is 31.3 Å². The van der Waals surface area contributed by atoms with Gasteiger partial charge >= 0.3 is 0 Å². The van der Waals surface area contributed by atoms with E-state index >= 15 is 0 Å². The Morgan fingerprint density at radius 3 is 2.78 bits per heavy atom. The van der Waals surface area contributed by atoms with E-state index in [1.807, 2.05) is 36.4 Å². The number of nitrogens with zero attached hydrogens (tertiary/aromatic N) is 4. The van der Waals surface area contributed by atoms with Crippen molar-refractivity contribution in [2.45, 2.75) is 59.0 Å². The van der Waals surface area contributed by atoms with Gasteiger partial charge in [-0.1, -0.05) is 5.16 Å². The number of amides is 1. The van der Waals surface area contributed by atoms with Gasteiger partial charge in [0.05, 0.1) is 17.4 Å². The van der Waals surface area contributed by atoms with Crippen LogP contribution < -0.4 is 0 Å². The van der Waals surface area contributed by atoms with Crippen LogP contribution in [0, 0.1) is 20.8 Å². The van der Waals surface area contributed by atoms with Crippen LogP contribution in [0.3, 0.4) is 0 Å². The van der Waals surface area contributed by atoms with Crippen LogP contribution in [0.5, 0.6) is 0 Å². The van der Waals surface area contributed by atoms with Crippen molar-refractivity contribution in [1.82, 2.24) is 19.8 Å². The van der Waals surface area contributed by atoms with Gasteiger partial charge in [-0.05, 0) is 46.1 Å². The number of likely N-dealkylation sites (tertiary alicyclic amines) is 1. The lowest BCUT2D eigenvalue weighted by molar-refractivity contribution is -0.132. The fourth-order valence-corrected chi connectivity index (χ4v) is 3.33. The highest BCUT2D eigenvalue weighted by Gasteiger charge is 2.32. The van der Waals surface area contributed by atoms with Crippen molar-refractivity contribution in [2.75, 3.05) is 6.54 Å². The minimum absolute atomic E-state index is 0.0531. The summed E-state index contributed by atoms with van der Waals surface area (Å²) in [5.41, 5.74) is 3.03. The number of carbonyl (C=O) groups excluding carboxylic acids is 1. The Morgan fingerprint density at radius 1 is 1.30 bits per heavy atom. The number of rotatable bonds is 5. The molecule has 6 nitrogen and oxygen atoms in total. The maximum absolute atomic E-state index is 12.6. The molecule has 3 rings (SSSR count). The molecule has 1 unspecified atom stereocenters. The second-order valence-corrected chi connectivity index (χ2v) is 6.37. The fraction of sp³-hybridized carbons (Fsp3) is 0.588. The highest BCUT2D eigenvalue weighted by molar-refractivity contribution is 5.76. The molecule has 1 atom stereocenters. The minimum atomic E-state index is 0.0531. The van der Waals surface area contributed by atoms with E-state index in [9.17, 15) is 4.79 Å². The summed E-state index contributed by atoms with van der Waals surface area (Å²) in [6.45, 7) is 7.53. The van der Waals surface area contributed by atoms with E-state index in [1.54, 1.807) is 0 Å². The van der Waals surface area contributed by atoms with Gasteiger partial charge in [0.15, 0.2) is 5.76 Å². The van der Waals surface area contributed by atoms with Crippen molar-refractivity contribution in [2.24, 2.45) is 0 Å². The van der Waals surface area contributed by atoms with E-state index in [1.165, 1.54) is 0 Å². The Bertz CT molecular complexity index is 689. The van der Waals surface area contributed by atoms with Gasteiger partial charge in [-0.25, -0.2) is 0 Å². The van der Waals surface area contributed by atoms with Gasteiger partial charge < -0.3 is 9.42 Å². The lowest BCUT2D eigenvalue weighted by Gasteiger charge is -2.22. The van der Waals surface area contributed by atoms with Crippen molar-refractivity contribution in [3.05, 3.63) is 35.0 Å². The topological polar surface area (TPSA) is 64.2 Å². The van der Waals surface area contributed by atoms with Crippen molar-refractivity contribution in [3.63, 3.8) is 0 Å². The first-order chi connectivity index (χ1) is 11.0. The number of hydrogen-bond donors (Lipinski definition) is 0. The summed E-state index contributed by atoms with van der Waals surface area (Å²) in [6.07, 6.45) is 3.33. The third kappa shape index (κ3) is 3.46. The number of carbonyl (C=O) groups is 1. The molecule has 1 amide bonds. The third-order valence-corrected chi connectivity index (χ3v) is 4.41. The summed E-state index contributed by atoms with van der Waals surface area (Å²) in [5.74, 6) is 1.01. The second-order valence-electron chi connectivity index (χ2n) is 6.37. The molecule has 1 aliphatic heterocycles. The zero-order valence-electron chi connectivity index (χ0n) is 14.1. The molecule has 0 radical (unpaired) electrons. The molecule has 6 heteroatoms. The number of aromatic nitrogens is 3. The summed E-state index contributed by atoms with van der Waals surface area (Å²) in [6, 6.07) is 4.05. The lowest BCUT2D eigenvalue weighted by Crippen LogP contribution is -2.30. The first kappa shape index (κ1) is 15.8. The van der Waals surface area contributed by atoms with E-state index in [-0.39, 0.29) is 11.9 Å². The first-order valence-corrected chi connectivity index (χ1v) is 8.28. The average molecular weight is 316 g/mol. The second kappa shape index (κ2) is 6.56. The molecular formula is C17H24N4O2. The van der Waals surface area contributed by atoms with Gasteiger partial charge in [0.25, 0.3) is 0 Å². The first-order valence-electron chi connectivity index (χ1n) is 8.28. The molecule has 0 bridgehead atoms. The quantitative estimate of drug-likeness (QED) is 0.851. The Kier molecular flexibility index (Phi) is 4.50. The predicted molar refractivity (Wildman–Crippen MR) is 85.9 cm³/mol. The number of aryl methyl sites for hydroxylation is 4. The zero-order valence-corrected chi connectivity index (χ0v) is 14.1. The van der Waals surface area contributed by atoms with Crippen LogP contribution in [0.25, 0.3) is 0 Å². The molecule has 124 valence electrons. The van der Waals surface area contributed by atoms with Crippen molar-refractivity contribution in [3.8, 4) is 0 Å².